The molecule has 1 aromatic carbocycles. The molecule has 1 aromatic heterocycles. The Bertz CT molecular complexity index is 739. The fraction of sp³-hybridized carbons (Fsp3) is 0.368. The number of carbonyl (C=O) groups is 1. The van der Waals surface area contributed by atoms with E-state index in [-0.39, 0.29) is 24.5 Å². The van der Waals surface area contributed by atoms with Crippen LogP contribution in [0.4, 0.5) is 8.78 Å². The van der Waals surface area contributed by atoms with E-state index in [0.717, 1.165) is 24.6 Å². The van der Waals surface area contributed by atoms with Crippen molar-refractivity contribution < 1.29 is 13.6 Å². The van der Waals surface area contributed by atoms with E-state index in [1.807, 2.05) is 25.1 Å². The summed E-state index contributed by atoms with van der Waals surface area (Å²) in [6.45, 7) is 2.70. The van der Waals surface area contributed by atoms with E-state index < -0.39 is 11.6 Å². The minimum Gasteiger partial charge on any atom is -0.337 e. The van der Waals surface area contributed by atoms with Gasteiger partial charge in [0.25, 0.3) is 0 Å². The molecule has 1 aliphatic heterocycles. The lowest BCUT2D eigenvalue weighted by Gasteiger charge is -2.34. The number of hydrogen-bond donors (Lipinski definition) is 1. The fourth-order valence-corrected chi connectivity index (χ4v) is 3.13. The molecule has 0 saturated carbocycles. The molecule has 6 heteroatoms. The second-order valence-corrected chi connectivity index (χ2v) is 6.33. The molecular weight excluding hydrogens is 324 g/mol. The summed E-state index contributed by atoms with van der Waals surface area (Å²) in [6.07, 6.45) is 3.29. The number of pyridine rings is 1. The highest BCUT2D eigenvalue weighted by Gasteiger charge is 2.30. The van der Waals surface area contributed by atoms with Crippen LogP contribution in [0.3, 0.4) is 0 Å². The number of amides is 1. The number of nitrogens with one attached hydrogen (secondary N) is 1. The molecule has 2 heterocycles. The van der Waals surface area contributed by atoms with Crippen LogP contribution in [0, 0.1) is 11.6 Å². The van der Waals surface area contributed by atoms with E-state index >= 15 is 0 Å². The van der Waals surface area contributed by atoms with Gasteiger partial charge in [-0.25, -0.2) is 8.78 Å². The Labute approximate surface area is 145 Å². The lowest BCUT2D eigenvalue weighted by atomic mass is 10.0. The zero-order chi connectivity index (χ0) is 17.8. The maximum Gasteiger partial charge on any atom is 0.240 e. The van der Waals surface area contributed by atoms with Gasteiger partial charge in [-0.3, -0.25) is 15.1 Å². The number of rotatable bonds is 5. The minimum absolute atomic E-state index is 0.0576. The van der Waals surface area contributed by atoms with Crippen LogP contribution in [0.15, 0.2) is 42.6 Å². The second-order valence-electron chi connectivity index (χ2n) is 6.33. The number of hydrogen-bond acceptors (Lipinski definition) is 3. The molecule has 1 fully saturated rings. The van der Waals surface area contributed by atoms with Gasteiger partial charge in [0.2, 0.25) is 5.91 Å². The number of likely N-dealkylation sites (tertiary alicyclic amines) is 1. The quantitative estimate of drug-likeness (QED) is 0.905. The Morgan fingerprint density at radius 2 is 2.16 bits per heavy atom. The molecule has 4 nitrogen and oxygen atoms in total. The molecule has 0 radical (unpaired) electrons. The lowest BCUT2D eigenvalue weighted by molar-refractivity contribution is -0.136. The van der Waals surface area contributed by atoms with Crippen LogP contribution >= 0.6 is 0 Å². The van der Waals surface area contributed by atoms with Gasteiger partial charge in [0.15, 0.2) is 0 Å². The van der Waals surface area contributed by atoms with Crippen molar-refractivity contribution in [2.24, 2.45) is 0 Å². The first kappa shape index (κ1) is 17.5. The number of halogens is 2. The van der Waals surface area contributed by atoms with Gasteiger partial charge in [0, 0.05) is 37.0 Å². The Balaban J connectivity index is 1.66. The zero-order valence-corrected chi connectivity index (χ0v) is 14.1. The van der Waals surface area contributed by atoms with Crippen LogP contribution < -0.4 is 5.32 Å². The number of aromatic nitrogens is 1. The van der Waals surface area contributed by atoms with Crippen LogP contribution in [0.5, 0.6) is 0 Å². The highest BCUT2D eigenvalue weighted by atomic mass is 19.1. The molecule has 2 atom stereocenters. The van der Waals surface area contributed by atoms with Crippen LogP contribution in [-0.2, 0) is 11.3 Å². The van der Waals surface area contributed by atoms with E-state index in [2.05, 4.69) is 10.3 Å². The molecule has 0 aliphatic carbocycles. The summed E-state index contributed by atoms with van der Waals surface area (Å²) < 4.78 is 26.9. The number of benzene rings is 1. The van der Waals surface area contributed by atoms with Gasteiger partial charge < -0.3 is 4.90 Å². The third-order valence-electron chi connectivity index (χ3n) is 4.49. The molecule has 3 rings (SSSR count). The predicted molar refractivity (Wildman–Crippen MR) is 90.6 cm³/mol. The SMILES string of the molecule is C[C@@H](N[C@@H]1CCCN(Cc2ccc(F)cc2F)C1=O)c1ccccn1. The number of carbonyl (C=O) groups excluding carboxylic acids is 1. The van der Waals surface area contributed by atoms with E-state index in [0.29, 0.717) is 12.1 Å². The van der Waals surface area contributed by atoms with E-state index in [1.165, 1.54) is 12.1 Å². The van der Waals surface area contributed by atoms with Crippen molar-refractivity contribution in [1.82, 2.24) is 15.2 Å². The Kier molecular flexibility index (Phi) is 5.38. The molecule has 0 spiro atoms. The smallest absolute Gasteiger partial charge is 0.240 e. The average molecular weight is 345 g/mol. The van der Waals surface area contributed by atoms with Gasteiger partial charge >= 0.3 is 0 Å². The monoisotopic (exact) mass is 345 g/mol. The zero-order valence-electron chi connectivity index (χ0n) is 14.1. The fourth-order valence-electron chi connectivity index (χ4n) is 3.13. The van der Waals surface area contributed by atoms with Crippen molar-refractivity contribution >= 4 is 5.91 Å². The maximum absolute atomic E-state index is 13.9. The summed E-state index contributed by atoms with van der Waals surface area (Å²) in [5.41, 5.74) is 1.20. The van der Waals surface area contributed by atoms with E-state index in [4.69, 9.17) is 0 Å². The van der Waals surface area contributed by atoms with Gasteiger partial charge in [0.05, 0.1) is 11.7 Å². The van der Waals surface area contributed by atoms with Gasteiger partial charge in [-0.15, -0.1) is 0 Å². The van der Waals surface area contributed by atoms with E-state index in [9.17, 15) is 13.6 Å². The van der Waals surface area contributed by atoms with Gasteiger partial charge in [-0.2, -0.15) is 0 Å². The van der Waals surface area contributed by atoms with Crippen molar-refractivity contribution in [1.29, 1.82) is 0 Å². The van der Waals surface area contributed by atoms with Crippen molar-refractivity contribution in [3.8, 4) is 0 Å². The van der Waals surface area contributed by atoms with Crippen LogP contribution in [0.1, 0.15) is 37.1 Å². The second kappa shape index (κ2) is 7.70. The molecule has 0 unspecified atom stereocenters. The molecule has 0 bridgehead atoms. The first-order chi connectivity index (χ1) is 12.0. The normalized spacial score (nSPS) is 19.1. The van der Waals surface area contributed by atoms with Gasteiger partial charge in [-0.05, 0) is 38.0 Å². The summed E-state index contributed by atoms with van der Waals surface area (Å²) in [5, 5.41) is 3.32. The van der Waals surface area contributed by atoms with Crippen molar-refractivity contribution in [3.63, 3.8) is 0 Å². The summed E-state index contributed by atoms with van der Waals surface area (Å²) in [6, 6.07) is 8.75. The topological polar surface area (TPSA) is 45.2 Å². The lowest BCUT2D eigenvalue weighted by Crippen LogP contribution is -2.50. The van der Waals surface area contributed by atoms with Gasteiger partial charge in [-0.1, -0.05) is 12.1 Å². The third kappa shape index (κ3) is 4.20. The molecule has 1 saturated heterocycles. The maximum atomic E-state index is 13.9. The largest absolute Gasteiger partial charge is 0.337 e. The van der Waals surface area contributed by atoms with Gasteiger partial charge in [0.1, 0.15) is 11.6 Å². The average Bonchev–Trinajstić information content (AvgIpc) is 2.61. The molecule has 1 aliphatic rings. The Morgan fingerprint density at radius 3 is 2.88 bits per heavy atom. The predicted octanol–water partition coefficient (Wildman–Crippen LogP) is 3.20. The molecule has 1 amide bonds. The van der Waals surface area contributed by atoms with Crippen LogP contribution in [0.2, 0.25) is 0 Å². The van der Waals surface area contributed by atoms with E-state index in [1.54, 1.807) is 11.1 Å². The Hall–Kier alpha value is -2.34. The standard InChI is InChI=1S/C19H21F2N3O/c1-13(17-5-2-3-9-22-17)23-18-6-4-10-24(19(18)25)12-14-7-8-15(20)11-16(14)21/h2-3,5,7-9,11,13,18,23H,4,6,10,12H2,1H3/t13-,18-/m1/s1. The highest BCUT2D eigenvalue weighted by Crippen LogP contribution is 2.20. The Morgan fingerprint density at radius 1 is 1.32 bits per heavy atom. The van der Waals surface area contributed by atoms with Crippen LogP contribution in [0.25, 0.3) is 0 Å². The number of piperidine rings is 1. The molecule has 132 valence electrons. The third-order valence-corrected chi connectivity index (χ3v) is 4.49. The first-order valence-electron chi connectivity index (χ1n) is 8.44. The molecular formula is C19H21F2N3O. The summed E-state index contributed by atoms with van der Waals surface area (Å²) in [5.74, 6) is -1.29. The number of nitrogens with zero attached hydrogens (tertiary/aromatic N) is 2. The van der Waals surface area contributed by atoms with Crippen molar-refractivity contribution in [3.05, 3.63) is 65.5 Å². The summed E-state index contributed by atoms with van der Waals surface area (Å²) >= 11 is 0. The summed E-state index contributed by atoms with van der Waals surface area (Å²) in [4.78, 5) is 18.7. The molecule has 2 aromatic rings. The minimum atomic E-state index is -0.621. The van der Waals surface area contributed by atoms with Crippen molar-refractivity contribution in [2.75, 3.05) is 6.54 Å². The molecule has 25 heavy (non-hydrogen) atoms. The summed E-state index contributed by atoms with van der Waals surface area (Å²) in [7, 11) is 0. The highest BCUT2D eigenvalue weighted by molar-refractivity contribution is 5.82. The first-order valence-corrected chi connectivity index (χ1v) is 8.44. The van der Waals surface area contributed by atoms with Crippen molar-refractivity contribution in [2.45, 2.75) is 38.4 Å². The molecule has 1 N–H and O–H groups in total. The van der Waals surface area contributed by atoms with Crippen LogP contribution in [-0.4, -0.2) is 28.4 Å².